The van der Waals surface area contributed by atoms with E-state index < -0.39 is 46.6 Å². The molecule has 2 heterocycles. The van der Waals surface area contributed by atoms with Gasteiger partial charge in [0.05, 0.1) is 17.1 Å². The zero-order chi connectivity index (χ0) is 29.4. The molecule has 2 bridgehead atoms. The number of hydrogen-bond donors (Lipinski definition) is 2. The molecule has 1 saturated heterocycles. The van der Waals surface area contributed by atoms with Crippen molar-refractivity contribution in [1.29, 1.82) is 0 Å². The first-order valence-electron chi connectivity index (χ1n) is 13.9. The number of likely N-dealkylation sites (tertiary alicyclic amines) is 1. The number of nitrogens with two attached hydrogens (primary N) is 1. The van der Waals surface area contributed by atoms with Gasteiger partial charge in [-0.3, -0.25) is 0 Å². The second-order valence-corrected chi connectivity index (χ2v) is 13.4. The Balaban J connectivity index is 1.65. The molecule has 0 aromatic heterocycles. The van der Waals surface area contributed by atoms with Gasteiger partial charge in [0.15, 0.2) is 11.5 Å². The van der Waals surface area contributed by atoms with Crippen molar-refractivity contribution >= 4 is 18.1 Å². The number of phenols is 1. The van der Waals surface area contributed by atoms with Gasteiger partial charge in [-0.2, -0.15) is 0 Å². The Morgan fingerprint density at radius 2 is 1.82 bits per heavy atom. The Morgan fingerprint density at radius 1 is 1.15 bits per heavy atom. The second kappa shape index (κ2) is 9.24. The lowest BCUT2D eigenvalue weighted by atomic mass is 9.48. The predicted molar refractivity (Wildman–Crippen MR) is 148 cm³/mol. The summed E-state index contributed by atoms with van der Waals surface area (Å²) in [5.74, 6) is 0.132. The zero-order valence-corrected chi connectivity index (χ0v) is 24.7. The molecular formula is C29H42N4O7. The van der Waals surface area contributed by atoms with Crippen LogP contribution in [0.15, 0.2) is 17.1 Å². The van der Waals surface area contributed by atoms with E-state index in [4.69, 9.17) is 24.7 Å². The first-order valence-corrected chi connectivity index (χ1v) is 13.9. The van der Waals surface area contributed by atoms with Gasteiger partial charge in [-0.15, -0.1) is 4.99 Å². The maximum Gasteiger partial charge on any atom is 0.437 e. The normalized spacial score (nSPS) is 31.2. The van der Waals surface area contributed by atoms with Crippen molar-refractivity contribution in [2.24, 2.45) is 10.7 Å². The van der Waals surface area contributed by atoms with Gasteiger partial charge in [0.2, 0.25) is 5.96 Å². The van der Waals surface area contributed by atoms with Crippen molar-refractivity contribution in [3.63, 3.8) is 0 Å². The fourth-order valence-corrected chi connectivity index (χ4v) is 7.52. The summed E-state index contributed by atoms with van der Waals surface area (Å²) in [5, 5.41) is 10.9. The number of nitrogens with zero attached hydrogens (tertiary/aromatic N) is 3. The number of guanidine groups is 1. The standard InChI is InChI=1S/C29H42N4O7/c1-26(2,3)39-24(35)31-23(30)33(25(36)40-27(4,5)6)17-11-12-29(37-8)19-15-16-9-10-18(34)21-20(16)28(29,22(17)38-21)13-14-32(19)7/h9-10,17,19,22,34H,11-15H2,1-8H3,(H2,30,31,35)/t17-,19+,22-,28-,29+/m0/s1. The van der Waals surface area contributed by atoms with Gasteiger partial charge in [0.25, 0.3) is 0 Å². The van der Waals surface area contributed by atoms with Crippen molar-refractivity contribution in [2.45, 2.75) is 108 Å². The predicted octanol–water partition coefficient (Wildman–Crippen LogP) is 3.69. The fourth-order valence-electron chi connectivity index (χ4n) is 7.52. The summed E-state index contributed by atoms with van der Waals surface area (Å²) in [6.45, 7) is 11.2. The highest BCUT2D eigenvalue weighted by Gasteiger charge is 2.74. The molecule has 40 heavy (non-hydrogen) atoms. The maximum absolute atomic E-state index is 13.8. The summed E-state index contributed by atoms with van der Waals surface area (Å²) in [5.41, 5.74) is 5.55. The molecule has 220 valence electrons. The van der Waals surface area contributed by atoms with E-state index in [1.807, 2.05) is 6.07 Å². The molecule has 2 aliphatic heterocycles. The Morgan fingerprint density at radius 3 is 2.45 bits per heavy atom. The number of rotatable bonds is 2. The summed E-state index contributed by atoms with van der Waals surface area (Å²) in [4.78, 5) is 34.0. The first-order chi connectivity index (χ1) is 18.5. The molecule has 2 fully saturated rings. The number of likely N-dealkylation sites (N-methyl/N-ethyl adjacent to an activating group) is 1. The number of amides is 2. The molecule has 2 amide bonds. The van der Waals surface area contributed by atoms with Crippen molar-refractivity contribution < 1.29 is 33.6 Å². The van der Waals surface area contributed by atoms with Crippen LogP contribution in [-0.2, 0) is 26.0 Å². The van der Waals surface area contributed by atoms with Gasteiger partial charge in [0.1, 0.15) is 17.3 Å². The Bertz CT molecular complexity index is 1250. The Hall–Kier alpha value is -3.05. The van der Waals surface area contributed by atoms with E-state index in [0.29, 0.717) is 25.0 Å². The first kappa shape index (κ1) is 28.5. The molecule has 2 aliphatic carbocycles. The molecule has 1 aromatic rings. The van der Waals surface area contributed by atoms with Crippen LogP contribution in [0.4, 0.5) is 9.59 Å². The Kier molecular flexibility index (Phi) is 6.58. The number of hydrogen-bond acceptors (Lipinski definition) is 8. The van der Waals surface area contributed by atoms with E-state index in [2.05, 4.69) is 16.9 Å². The number of aromatic hydroxyl groups is 1. The van der Waals surface area contributed by atoms with Crippen molar-refractivity contribution in [2.75, 3.05) is 20.7 Å². The summed E-state index contributed by atoms with van der Waals surface area (Å²) >= 11 is 0. The average Bonchev–Trinajstić information content (AvgIpc) is 3.17. The van der Waals surface area contributed by atoms with E-state index in [-0.39, 0.29) is 17.8 Å². The van der Waals surface area contributed by atoms with E-state index in [0.717, 1.165) is 24.1 Å². The molecule has 1 aromatic carbocycles. The monoisotopic (exact) mass is 558 g/mol. The van der Waals surface area contributed by atoms with E-state index in [1.165, 1.54) is 4.90 Å². The fraction of sp³-hybridized carbons (Fsp3) is 0.690. The third kappa shape index (κ3) is 4.20. The van der Waals surface area contributed by atoms with E-state index >= 15 is 0 Å². The van der Waals surface area contributed by atoms with Crippen LogP contribution < -0.4 is 10.5 Å². The average molecular weight is 559 g/mol. The molecule has 3 N–H and O–H groups in total. The van der Waals surface area contributed by atoms with Gasteiger partial charge < -0.3 is 34.7 Å². The minimum absolute atomic E-state index is 0.0443. The highest BCUT2D eigenvalue weighted by Crippen LogP contribution is 2.66. The highest BCUT2D eigenvalue weighted by atomic mass is 16.6. The van der Waals surface area contributed by atoms with Crippen molar-refractivity contribution in [3.8, 4) is 11.5 Å². The second-order valence-electron chi connectivity index (χ2n) is 13.4. The van der Waals surface area contributed by atoms with Gasteiger partial charge in [-0.1, -0.05) is 6.07 Å². The lowest BCUT2D eigenvalue weighted by Crippen LogP contribution is -2.78. The largest absolute Gasteiger partial charge is 0.504 e. The maximum atomic E-state index is 13.8. The number of ether oxygens (including phenoxy) is 4. The number of carbonyl (C=O) groups is 2. The molecule has 4 aliphatic rings. The Labute approximate surface area is 235 Å². The number of phenolic OH excluding ortho intramolecular Hbond substituents is 1. The van der Waals surface area contributed by atoms with Crippen LogP contribution >= 0.6 is 0 Å². The van der Waals surface area contributed by atoms with Crippen LogP contribution in [0.25, 0.3) is 0 Å². The van der Waals surface area contributed by atoms with Crippen LogP contribution in [-0.4, -0.2) is 88.7 Å². The third-order valence-electron chi connectivity index (χ3n) is 8.79. The molecule has 5 atom stereocenters. The number of piperidine rings is 1. The number of benzene rings is 1. The van der Waals surface area contributed by atoms with Crippen LogP contribution in [0, 0.1) is 0 Å². The van der Waals surface area contributed by atoms with E-state index in [9.17, 15) is 14.7 Å². The minimum atomic E-state index is -0.911. The molecule has 0 radical (unpaired) electrons. The van der Waals surface area contributed by atoms with Crippen LogP contribution in [0.1, 0.15) is 71.9 Å². The summed E-state index contributed by atoms with van der Waals surface area (Å²) in [7, 11) is 3.85. The topological polar surface area (TPSA) is 136 Å². The molecule has 11 nitrogen and oxygen atoms in total. The quantitative estimate of drug-likeness (QED) is 0.411. The van der Waals surface area contributed by atoms with Gasteiger partial charge in [-0.05, 0) is 92.4 Å². The van der Waals surface area contributed by atoms with Crippen LogP contribution in [0.5, 0.6) is 11.5 Å². The van der Waals surface area contributed by atoms with Crippen LogP contribution in [0.3, 0.4) is 0 Å². The lowest BCUT2D eigenvalue weighted by molar-refractivity contribution is -0.207. The molecule has 11 heteroatoms. The smallest absolute Gasteiger partial charge is 0.437 e. The molecule has 5 rings (SSSR count). The number of aliphatic imine (C=N–C) groups is 1. The lowest BCUT2D eigenvalue weighted by Gasteiger charge is -2.65. The van der Waals surface area contributed by atoms with Crippen molar-refractivity contribution in [1.82, 2.24) is 9.80 Å². The molecule has 1 spiro atoms. The third-order valence-corrected chi connectivity index (χ3v) is 8.79. The van der Waals surface area contributed by atoms with Crippen molar-refractivity contribution in [3.05, 3.63) is 23.3 Å². The number of carbonyl (C=O) groups excluding carboxylic acids is 2. The van der Waals surface area contributed by atoms with Gasteiger partial charge in [0, 0.05) is 18.7 Å². The zero-order valence-electron chi connectivity index (χ0n) is 24.7. The van der Waals surface area contributed by atoms with E-state index in [1.54, 1.807) is 54.7 Å². The summed E-state index contributed by atoms with van der Waals surface area (Å²) in [6, 6.07) is 3.03. The molecular weight excluding hydrogens is 516 g/mol. The SMILES string of the molecule is CO[C@@]12CC[C@H](N(C(=O)OC(C)(C)C)C(N)=NC(=O)OC(C)(C)C)[C@@H]3Oc4c(O)ccc5c4[C@@]31CCN(C)[C@@H]2C5. The van der Waals surface area contributed by atoms with Crippen LogP contribution in [0.2, 0.25) is 0 Å². The minimum Gasteiger partial charge on any atom is -0.504 e. The van der Waals surface area contributed by atoms with Gasteiger partial charge >= 0.3 is 12.2 Å². The molecule has 0 unspecified atom stereocenters. The molecule has 1 saturated carbocycles. The highest BCUT2D eigenvalue weighted by molar-refractivity contribution is 5.98. The summed E-state index contributed by atoms with van der Waals surface area (Å²) < 4.78 is 24.3. The number of methoxy groups -OCH3 is 1. The summed E-state index contributed by atoms with van der Waals surface area (Å²) in [6.07, 6.45) is 0.186. The van der Waals surface area contributed by atoms with Gasteiger partial charge in [-0.25, -0.2) is 14.5 Å².